The van der Waals surface area contributed by atoms with Crippen LogP contribution in [0.15, 0.2) is 103 Å². The first-order chi connectivity index (χ1) is 12.3. The third kappa shape index (κ3) is 4.51. The molecule has 0 aliphatic heterocycles. The summed E-state index contributed by atoms with van der Waals surface area (Å²) in [6.45, 7) is 0. The maximum Gasteiger partial charge on any atom is 0.141 e. The molecule has 0 fully saturated rings. The van der Waals surface area contributed by atoms with Crippen molar-refractivity contribution in [2.45, 2.75) is 12.0 Å². The third-order valence-corrected chi connectivity index (χ3v) is 4.82. The fourth-order valence-electron chi connectivity index (χ4n) is 3.56. The Morgan fingerprint density at radius 3 is 1.68 bits per heavy atom. The summed E-state index contributed by atoms with van der Waals surface area (Å²) in [5.74, 6) is 0. The second kappa shape index (κ2) is 10.8. The Labute approximate surface area is 193 Å². The van der Waals surface area contributed by atoms with Crippen molar-refractivity contribution in [2.75, 3.05) is 0 Å². The largest absolute Gasteiger partial charge is 0.376 e. The van der Waals surface area contributed by atoms with Gasteiger partial charge in [-0.25, -0.2) is 0 Å². The van der Waals surface area contributed by atoms with Crippen molar-refractivity contribution in [3.05, 3.63) is 125 Å². The Hall–Kier alpha value is -1.61. The first kappa shape index (κ1) is 24.4. The van der Waals surface area contributed by atoms with Crippen LogP contribution in [-0.2, 0) is 27.3 Å². The predicted octanol–water partition coefficient (Wildman–Crippen LogP) is 6.16. The summed E-state index contributed by atoms with van der Waals surface area (Å²) < 4.78 is 0. The number of allylic oxidation sites excluding steroid dienone is 4. The van der Waals surface area contributed by atoms with Gasteiger partial charge in [-0.2, -0.15) is 0 Å². The molecule has 1 aliphatic carbocycles. The molecular weight excluding hydrogens is 423 g/mol. The van der Waals surface area contributed by atoms with E-state index in [2.05, 4.69) is 24.3 Å². The van der Waals surface area contributed by atoms with Crippen LogP contribution in [0, 0.1) is 0 Å². The van der Waals surface area contributed by atoms with Crippen LogP contribution in [-0.4, -0.2) is 5.11 Å². The van der Waals surface area contributed by atoms with E-state index in [-0.39, 0.29) is 46.5 Å². The summed E-state index contributed by atoms with van der Waals surface area (Å²) in [4.78, 5) is 0. The van der Waals surface area contributed by atoms with E-state index < -0.39 is 5.60 Å². The monoisotopic (exact) mass is 444 g/mol. The molecule has 0 saturated carbocycles. The molecule has 0 radical (unpaired) electrons. The van der Waals surface area contributed by atoms with Crippen molar-refractivity contribution in [1.82, 2.24) is 0 Å². The van der Waals surface area contributed by atoms with E-state index in [9.17, 15) is 5.11 Å². The maximum absolute atomic E-state index is 12.0. The average Bonchev–Trinajstić information content (AvgIpc) is 3.23. The van der Waals surface area contributed by atoms with E-state index in [1.54, 1.807) is 0 Å². The van der Waals surface area contributed by atoms with E-state index in [1.165, 1.54) is 5.57 Å². The van der Waals surface area contributed by atoms with Gasteiger partial charge in [0.1, 0.15) is 5.60 Å². The molecule has 28 heavy (non-hydrogen) atoms. The van der Waals surface area contributed by atoms with E-state index in [4.69, 9.17) is 0 Å². The molecule has 1 nitrogen and oxygen atoms in total. The fourth-order valence-corrected chi connectivity index (χ4v) is 3.56. The van der Waals surface area contributed by atoms with E-state index >= 15 is 0 Å². The van der Waals surface area contributed by atoms with Crippen LogP contribution >= 0.6 is 24.8 Å². The topological polar surface area (TPSA) is 20.2 Å². The molecule has 0 atom stereocenters. The minimum atomic E-state index is -1.19. The van der Waals surface area contributed by atoms with Gasteiger partial charge in [0.15, 0.2) is 0 Å². The summed E-state index contributed by atoms with van der Waals surface area (Å²) in [6.07, 6.45) is 7.26. The van der Waals surface area contributed by atoms with Gasteiger partial charge in [-0.3, -0.25) is 0 Å². The Morgan fingerprint density at radius 1 is 0.679 bits per heavy atom. The number of hydrogen-bond acceptors (Lipinski definition) is 1. The van der Waals surface area contributed by atoms with Crippen molar-refractivity contribution < 1.29 is 26.8 Å². The first-order valence-electron chi connectivity index (χ1n) is 8.59. The Morgan fingerprint density at radius 2 is 1.18 bits per heavy atom. The molecule has 0 spiro atoms. The van der Waals surface area contributed by atoms with Crippen LogP contribution in [0.3, 0.4) is 0 Å². The zero-order valence-corrected chi connectivity index (χ0v) is 18.5. The number of halogens is 2. The molecule has 3 aromatic carbocycles. The quantitative estimate of drug-likeness (QED) is 0.377. The summed E-state index contributed by atoms with van der Waals surface area (Å²) in [7, 11) is 0. The van der Waals surface area contributed by atoms with Gasteiger partial charge in [-0.1, -0.05) is 103 Å². The minimum absolute atomic E-state index is 0. The molecule has 0 bridgehead atoms. The van der Waals surface area contributed by atoms with Crippen molar-refractivity contribution >= 4 is 30.4 Å². The molecule has 0 aromatic heterocycles. The molecular formula is C24H22Cl2OTi. The average molecular weight is 445 g/mol. The molecule has 4 heteroatoms. The van der Waals surface area contributed by atoms with Crippen LogP contribution in [0.25, 0.3) is 5.57 Å². The van der Waals surface area contributed by atoms with Gasteiger partial charge in [-0.05, 0) is 28.7 Å². The Bertz CT molecular complexity index is 898. The second-order valence-corrected chi connectivity index (χ2v) is 6.31. The summed E-state index contributed by atoms with van der Waals surface area (Å²) in [5.41, 5.74) is 3.81. The number of hydrogen-bond donors (Lipinski definition) is 1. The van der Waals surface area contributed by atoms with Gasteiger partial charge in [0, 0.05) is 27.3 Å². The second-order valence-electron chi connectivity index (χ2n) is 6.31. The van der Waals surface area contributed by atoms with Crippen LogP contribution in [0.2, 0.25) is 0 Å². The fraction of sp³-hybridized carbons (Fsp3) is 0.0833. The van der Waals surface area contributed by atoms with Crippen LogP contribution in [0.4, 0.5) is 0 Å². The van der Waals surface area contributed by atoms with Gasteiger partial charge in [-0.15, -0.1) is 24.8 Å². The molecule has 4 rings (SSSR count). The summed E-state index contributed by atoms with van der Waals surface area (Å²) in [6, 6.07) is 28.0. The van der Waals surface area contributed by atoms with Crippen LogP contribution in [0.5, 0.6) is 0 Å². The first-order valence-corrected chi connectivity index (χ1v) is 8.59. The summed E-state index contributed by atoms with van der Waals surface area (Å²) in [5, 5.41) is 12.0. The van der Waals surface area contributed by atoms with Crippen LogP contribution in [0.1, 0.15) is 28.7 Å². The van der Waals surface area contributed by atoms with Gasteiger partial charge >= 0.3 is 0 Å². The van der Waals surface area contributed by atoms with Crippen LogP contribution < -0.4 is 0 Å². The molecule has 0 heterocycles. The van der Waals surface area contributed by atoms with Crippen molar-refractivity contribution in [3.63, 3.8) is 0 Å². The van der Waals surface area contributed by atoms with Gasteiger partial charge < -0.3 is 5.11 Å². The minimum Gasteiger partial charge on any atom is -0.376 e. The molecule has 3 aromatic rings. The zero-order valence-electron chi connectivity index (χ0n) is 15.3. The van der Waals surface area contributed by atoms with Gasteiger partial charge in [0.25, 0.3) is 0 Å². The van der Waals surface area contributed by atoms with E-state index in [0.29, 0.717) is 0 Å². The van der Waals surface area contributed by atoms with E-state index in [0.717, 1.165) is 28.7 Å². The van der Waals surface area contributed by atoms with Gasteiger partial charge in [0.2, 0.25) is 0 Å². The smallest absolute Gasteiger partial charge is 0.141 e. The molecule has 0 amide bonds. The molecule has 0 unspecified atom stereocenters. The standard InChI is InChI=1S/C24H20O.2ClH.Ti/c25-24(20-13-3-1-4-14-20,21-15-5-2-6-16-21)23-18-10-9-17-22(23)19-11-7-8-12-19;;;/h1-11,13-18,25H,12H2;2*1H;. The maximum atomic E-state index is 12.0. The van der Waals surface area contributed by atoms with Gasteiger partial charge in [0.05, 0.1) is 0 Å². The Balaban J connectivity index is 0.00000131. The third-order valence-electron chi connectivity index (χ3n) is 4.82. The molecule has 142 valence electrons. The van der Waals surface area contributed by atoms with E-state index in [1.807, 2.05) is 78.9 Å². The van der Waals surface area contributed by atoms with Crippen molar-refractivity contribution in [1.29, 1.82) is 0 Å². The Kier molecular flexibility index (Phi) is 9.43. The summed E-state index contributed by atoms with van der Waals surface area (Å²) >= 11 is 0. The predicted molar refractivity (Wildman–Crippen MR) is 118 cm³/mol. The molecule has 0 saturated heterocycles. The molecule has 1 aliphatic rings. The number of rotatable bonds is 4. The normalized spacial score (nSPS) is 12.2. The SMILES string of the molecule is Cl.Cl.OC(c1ccccc1)(c1ccccc1)c1ccccc1C1=CC=CC1.[Ti]. The molecule has 1 N–H and O–H groups in total. The number of aliphatic hydroxyl groups is 1. The number of benzene rings is 3. The van der Waals surface area contributed by atoms with Crippen molar-refractivity contribution in [2.24, 2.45) is 0 Å². The van der Waals surface area contributed by atoms with Crippen molar-refractivity contribution in [3.8, 4) is 0 Å². The zero-order chi connectivity index (χ0) is 17.1.